The van der Waals surface area contributed by atoms with Crippen molar-refractivity contribution in [1.29, 1.82) is 0 Å². The number of hydrogen-bond donors (Lipinski definition) is 0. The average molecular weight is 837 g/mol. The largest absolute Gasteiger partial charge is 1.00 e. The molecule has 0 aromatic heterocycles. The third-order valence-electron chi connectivity index (χ3n) is 11.8. The molecule has 0 saturated carbocycles. The van der Waals surface area contributed by atoms with Crippen LogP contribution in [-0.2, 0) is 36.1 Å². The smallest absolute Gasteiger partial charge is 1.00 e. The monoisotopic (exact) mass is 834 g/mol. The predicted octanol–water partition coefficient (Wildman–Crippen LogP) is 7.45. The van der Waals surface area contributed by atoms with Gasteiger partial charge in [-0.05, 0) is 0 Å². The van der Waals surface area contributed by atoms with Crippen molar-refractivity contribution >= 4 is 29.6 Å². The second-order valence-corrected chi connectivity index (χ2v) is 23.3. The van der Waals surface area contributed by atoms with Gasteiger partial charge in [0.25, 0.3) is 0 Å². The number of rotatable bonds is 8. The SMILES string of the molecule is CCCc1ccc(-c2cccc3c2C2=C(c4ccccc4)[CH]3[Zr+2][CH]3C(c4ccccc4)=C(c4c(-c5ccc(CCC)cc5)cccc43)[Si]2(C)C)cc1.[Cl-].[Cl-]. The normalized spacial score (nSPS) is 17.3. The molecule has 0 radical (unpaired) electrons. The molecule has 9 rings (SSSR count). The summed E-state index contributed by atoms with van der Waals surface area (Å²) in [7, 11) is -2.43. The fraction of sp³-hybridized carbons (Fsp3) is 0.200. The molecule has 6 aromatic carbocycles. The van der Waals surface area contributed by atoms with Crippen molar-refractivity contribution in [3.63, 3.8) is 0 Å². The Labute approximate surface area is 347 Å². The maximum Gasteiger partial charge on any atom is -1.00 e. The van der Waals surface area contributed by atoms with Crippen LogP contribution in [0.2, 0.25) is 13.1 Å². The van der Waals surface area contributed by atoms with Crippen LogP contribution in [0.4, 0.5) is 0 Å². The summed E-state index contributed by atoms with van der Waals surface area (Å²) in [5.74, 6) is 0. The summed E-state index contributed by atoms with van der Waals surface area (Å²) in [5.41, 5.74) is 20.9. The maximum absolute atomic E-state index is 2.69. The summed E-state index contributed by atoms with van der Waals surface area (Å²) in [6, 6.07) is 56.7. The first-order valence-corrected chi connectivity index (χ1v) is 25.1. The van der Waals surface area contributed by atoms with Crippen LogP contribution in [0.1, 0.15) is 78.4 Å². The summed E-state index contributed by atoms with van der Waals surface area (Å²) in [6.07, 6.45) is 4.61. The van der Waals surface area contributed by atoms with Gasteiger partial charge in [-0.15, -0.1) is 0 Å². The topological polar surface area (TPSA) is 0 Å². The van der Waals surface area contributed by atoms with E-state index in [-0.39, 0.29) is 24.8 Å². The quantitative estimate of drug-likeness (QED) is 0.140. The minimum Gasteiger partial charge on any atom is -1.00 e. The van der Waals surface area contributed by atoms with Crippen molar-refractivity contribution in [2.75, 3.05) is 0 Å². The molecule has 2 atom stereocenters. The molecule has 6 aromatic rings. The summed E-state index contributed by atoms with van der Waals surface area (Å²) in [4.78, 5) is 0. The Balaban J connectivity index is 0.00000225. The van der Waals surface area contributed by atoms with Crippen molar-refractivity contribution in [3.05, 3.63) is 190 Å². The zero-order valence-electron chi connectivity index (χ0n) is 31.6. The van der Waals surface area contributed by atoms with Gasteiger partial charge in [0.15, 0.2) is 0 Å². The van der Waals surface area contributed by atoms with Crippen LogP contribution >= 0.6 is 0 Å². The Morgan fingerprint density at radius 1 is 0.444 bits per heavy atom. The van der Waals surface area contributed by atoms with E-state index >= 15 is 0 Å². The van der Waals surface area contributed by atoms with Gasteiger partial charge in [-0.25, -0.2) is 0 Å². The van der Waals surface area contributed by atoms with E-state index in [1.165, 1.54) is 57.3 Å². The van der Waals surface area contributed by atoms with Gasteiger partial charge in [-0.3, -0.25) is 0 Å². The number of fused-ring (bicyclic) bond motifs is 8. The first-order valence-electron chi connectivity index (χ1n) is 19.3. The van der Waals surface area contributed by atoms with Crippen molar-refractivity contribution in [1.82, 2.24) is 0 Å². The Morgan fingerprint density at radius 3 is 1.20 bits per heavy atom. The van der Waals surface area contributed by atoms with Crippen LogP contribution in [0.15, 0.2) is 146 Å². The van der Waals surface area contributed by atoms with Crippen LogP contribution in [0, 0.1) is 0 Å². The van der Waals surface area contributed by atoms with E-state index in [1.54, 1.807) is 43.8 Å². The van der Waals surface area contributed by atoms with Gasteiger partial charge in [-0.1, -0.05) is 0 Å². The minimum atomic E-state index is -2.43. The van der Waals surface area contributed by atoms with Gasteiger partial charge in [0.05, 0.1) is 0 Å². The zero-order chi connectivity index (χ0) is 35.4. The molecular weight excluding hydrogens is 791 g/mol. The molecule has 0 nitrogen and oxygen atoms in total. The summed E-state index contributed by atoms with van der Waals surface area (Å²) in [5, 5.41) is 3.35. The second kappa shape index (κ2) is 15.9. The van der Waals surface area contributed by atoms with Crippen LogP contribution in [0.3, 0.4) is 0 Å². The molecule has 0 saturated heterocycles. The first-order chi connectivity index (χ1) is 25.5. The fourth-order valence-corrected chi connectivity index (χ4v) is 19.5. The standard InChI is InChI=1S/C50H46Si.2ClH.Zr/c1-5-15-35-25-29-39(30-26-35)43-23-13-21-41-33-45(37-17-9-7-10-18-37)49(47(41)43)51(3,4)50-46(38-19-11-8-12-20-38)34-42-22-14-24-44(48(42)50)40-31-27-36(16-6-2)28-32-40;;;/h7-14,17-34H,5-6,15-16H2,1-4H3;2*1H;/q;;;+2/p-2. The number of aryl methyl sites for hydroxylation is 2. The third kappa shape index (κ3) is 6.42. The molecule has 3 aliphatic rings. The van der Waals surface area contributed by atoms with E-state index < -0.39 is 31.3 Å². The van der Waals surface area contributed by atoms with E-state index in [0.29, 0.717) is 7.25 Å². The Kier molecular flexibility index (Phi) is 11.4. The molecule has 1 aliphatic heterocycles. The number of hydrogen-bond acceptors (Lipinski definition) is 0. The molecule has 2 unspecified atom stereocenters. The molecule has 4 bridgehead atoms. The van der Waals surface area contributed by atoms with Gasteiger partial charge >= 0.3 is 325 Å². The molecule has 0 fully saturated rings. The minimum absolute atomic E-state index is 0. The Hall–Kier alpha value is -3.52. The molecular formula is C50H46Cl2SiZr. The van der Waals surface area contributed by atoms with Crippen molar-refractivity contribution in [3.8, 4) is 22.3 Å². The van der Waals surface area contributed by atoms with E-state index in [2.05, 4.69) is 173 Å². The maximum atomic E-state index is 2.69. The van der Waals surface area contributed by atoms with E-state index in [0.717, 1.165) is 12.8 Å². The first kappa shape index (κ1) is 38.7. The number of allylic oxidation sites excluding steroid dienone is 2. The second-order valence-electron chi connectivity index (χ2n) is 15.4. The van der Waals surface area contributed by atoms with Crippen molar-refractivity contribution in [2.45, 2.75) is 59.9 Å². The molecule has 2 aliphatic carbocycles. The molecule has 4 heteroatoms. The van der Waals surface area contributed by atoms with Crippen LogP contribution in [0.5, 0.6) is 0 Å². The fourth-order valence-electron chi connectivity index (χ4n) is 9.60. The Bertz CT molecular complexity index is 2190. The van der Waals surface area contributed by atoms with Gasteiger partial charge in [-0.2, -0.15) is 0 Å². The molecule has 0 spiro atoms. The van der Waals surface area contributed by atoms with Gasteiger partial charge < -0.3 is 24.8 Å². The van der Waals surface area contributed by atoms with Crippen LogP contribution < -0.4 is 24.8 Å². The summed E-state index contributed by atoms with van der Waals surface area (Å²) >= 11 is -1.21. The average Bonchev–Trinajstić information content (AvgIpc) is 3.72. The van der Waals surface area contributed by atoms with Crippen molar-refractivity contribution < 1.29 is 48.0 Å². The molecule has 54 heavy (non-hydrogen) atoms. The third-order valence-corrected chi connectivity index (χ3v) is 19.9. The molecule has 0 amide bonds. The zero-order valence-corrected chi connectivity index (χ0v) is 36.6. The van der Waals surface area contributed by atoms with Crippen LogP contribution in [-0.4, -0.2) is 8.07 Å². The summed E-state index contributed by atoms with van der Waals surface area (Å²) in [6.45, 7) is 9.94. The number of halogens is 2. The summed E-state index contributed by atoms with van der Waals surface area (Å²) < 4.78 is 0.963. The molecule has 268 valence electrons. The molecule has 0 N–H and O–H groups in total. The molecule has 1 heterocycles. The number of benzene rings is 6. The van der Waals surface area contributed by atoms with Gasteiger partial charge in [0.1, 0.15) is 0 Å². The van der Waals surface area contributed by atoms with Gasteiger partial charge in [0.2, 0.25) is 0 Å². The van der Waals surface area contributed by atoms with E-state index in [4.69, 9.17) is 0 Å². The van der Waals surface area contributed by atoms with Gasteiger partial charge in [0, 0.05) is 0 Å². The van der Waals surface area contributed by atoms with E-state index in [9.17, 15) is 0 Å². The van der Waals surface area contributed by atoms with E-state index in [1.807, 2.05) is 0 Å². The predicted molar refractivity (Wildman–Crippen MR) is 221 cm³/mol. The van der Waals surface area contributed by atoms with Crippen molar-refractivity contribution in [2.24, 2.45) is 0 Å². The Morgan fingerprint density at radius 2 is 0.833 bits per heavy atom. The van der Waals surface area contributed by atoms with Crippen LogP contribution in [0.25, 0.3) is 43.8 Å².